The van der Waals surface area contributed by atoms with E-state index in [1.807, 2.05) is 35.8 Å². The Kier molecular flexibility index (Phi) is 5.05. The number of benzene rings is 1. The van der Waals surface area contributed by atoms with Gasteiger partial charge in [0.05, 0.1) is 0 Å². The highest BCUT2D eigenvalue weighted by atomic mass is 32.2. The Labute approximate surface area is 198 Å². The molecule has 3 aromatic heterocycles. The molecule has 1 aromatic carbocycles. The first kappa shape index (κ1) is 20.8. The highest BCUT2D eigenvalue weighted by Gasteiger charge is 2.25. The molecule has 0 unspecified atom stereocenters. The summed E-state index contributed by atoms with van der Waals surface area (Å²) in [5, 5.41) is 3.67. The fourth-order valence-electron chi connectivity index (χ4n) is 3.83. The standard InChI is InChI=1S/C23H22N6O4S/c1-12-2-5-15(33-12)14-8-16-17(32-11-31-16)9-18(14)34-23-28-20-21(24)25-10-26-22(20)29(23)7-6-19(30)27-13-3-4-13/h2,5,8-10,13H,3-4,6-7,11H2,1H3,(H,27,30)(H2,24,25,26). The van der Waals surface area contributed by atoms with Crippen LogP contribution in [0.3, 0.4) is 0 Å². The predicted molar refractivity (Wildman–Crippen MR) is 125 cm³/mol. The van der Waals surface area contributed by atoms with Gasteiger partial charge in [0, 0.05) is 29.5 Å². The van der Waals surface area contributed by atoms with Crippen LogP contribution in [0, 0.1) is 6.92 Å². The topological polar surface area (TPSA) is 130 Å². The summed E-state index contributed by atoms with van der Waals surface area (Å²) in [6, 6.07) is 7.97. The minimum atomic E-state index is 0.0113. The quantitative estimate of drug-likeness (QED) is 0.409. The number of furan rings is 1. The summed E-state index contributed by atoms with van der Waals surface area (Å²) in [6.45, 7) is 2.48. The summed E-state index contributed by atoms with van der Waals surface area (Å²) in [5.41, 5.74) is 8.04. The molecule has 0 spiro atoms. The first-order chi connectivity index (χ1) is 16.5. The lowest BCUT2D eigenvalue weighted by atomic mass is 10.1. The molecule has 1 amide bonds. The molecule has 1 fully saturated rings. The maximum atomic E-state index is 12.4. The second-order valence-corrected chi connectivity index (χ2v) is 9.29. The Morgan fingerprint density at radius 2 is 2.06 bits per heavy atom. The lowest BCUT2D eigenvalue weighted by molar-refractivity contribution is -0.121. The molecule has 1 aliphatic carbocycles. The number of aromatic nitrogens is 4. The summed E-state index contributed by atoms with van der Waals surface area (Å²) in [4.78, 5) is 26.5. The van der Waals surface area contributed by atoms with Crippen LogP contribution in [-0.2, 0) is 11.3 Å². The van der Waals surface area contributed by atoms with Crippen molar-refractivity contribution in [2.45, 2.75) is 48.8 Å². The molecule has 1 saturated carbocycles. The van der Waals surface area contributed by atoms with Crippen molar-refractivity contribution in [1.29, 1.82) is 0 Å². The Morgan fingerprint density at radius 1 is 1.24 bits per heavy atom. The van der Waals surface area contributed by atoms with Crippen molar-refractivity contribution >= 4 is 34.7 Å². The fourth-order valence-corrected chi connectivity index (χ4v) is 4.89. The minimum Gasteiger partial charge on any atom is -0.461 e. The number of nitrogens with zero attached hydrogens (tertiary/aromatic N) is 4. The van der Waals surface area contributed by atoms with Gasteiger partial charge in [-0.1, -0.05) is 11.8 Å². The number of hydrogen-bond acceptors (Lipinski definition) is 9. The van der Waals surface area contributed by atoms with Gasteiger partial charge in [0.2, 0.25) is 12.7 Å². The molecule has 34 heavy (non-hydrogen) atoms. The molecule has 0 saturated heterocycles. The monoisotopic (exact) mass is 478 g/mol. The van der Waals surface area contributed by atoms with E-state index in [4.69, 9.17) is 24.6 Å². The molecular formula is C23H22N6O4S. The lowest BCUT2D eigenvalue weighted by Gasteiger charge is -2.11. The predicted octanol–water partition coefficient (Wildman–Crippen LogP) is 3.53. The number of imidazole rings is 1. The molecule has 3 N–H and O–H groups in total. The number of ether oxygens (including phenoxy) is 2. The van der Waals surface area contributed by atoms with E-state index in [9.17, 15) is 4.79 Å². The van der Waals surface area contributed by atoms with Crippen molar-refractivity contribution in [3.05, 3.63) is 36.4 Å². The maximum Gasteiger partial charge on any atom is 0.231 e. The largest absolute Gasteiger partial charge is 0.461 e. The van der Waals surface area contributed by atoms with Crippen LogP contribution in [0.1, 0.15) is 25.0 Å². The van der Waals surface area contributed by atoms with E-state index in [2.05, 4.69) is 15.3 Å². The Hall–Kier alpha value is -3.73. The first-order valence-corrected chi connectivity index (χ1v) is 11.8. The fraction of sp³-hybridized carbons (Fsp3) is 0.304. The van der Waals surface area contributed by atoms with E-state index in [1.165, 1.54) is 18.1 Å². The van der Waals surface area contributed by atoms with Crippen LogP contribution in [0.2, 0.25) is 0 Å². The van der Waals surface area contributed by atoms with Crippen molar-refractivity contribution in [2.24, 2.45) is 0 Å². The van der Waals surface area contributed by atoms with Crippen molar-refractivity contribution in [2.75, 3.05) is 12.5 Å². The molecular weight excluding hydrogens is 456 g/mol. The normalized spacial score (nSPS) is 14.6. The van der Waals surface area contributed by atoms with Crippen molar-refractivity contribution < 1.29 is 18.7 Å². The highest BCUT2D eigenvalue weighted by molar-refractivity contribution is 7.99. The van der Waals surface area contributed by atoms with Crippen LogP contribution < -0.4 is 20.5 Å². The van der Waals surface area contributed by atoms with Gasteiger partial charge in [-0.2, -0.15) is 0 Å². The van der Waals surface area contributed by atoms with Crippen LogP contribution in [0.25, 0.3) is 22.5 Å². The average molecular weight is 479 g/mol. The third-order valence-corrected chi connectivity index (χ3v) is 6.76. The molecule has 174 valence electrons. The Morgan fingerprint density at radius 3 is 2.82 bits per heavy atom. The molecule has 0 radical (unpaired) electrons. The molecule has 4 heterocycles. The average Bonchev–Trinajstić information content (AvgIpc) is 3.19. The van der Waals surface area contributed by atoms with Crippen LogP contribution in [0.15, 0.2) is 45.1 Å². The molecule has 11 heteroatoms. The molecule has 6 rings (SSSR count). The zero-order chi connectivity index (χ0) is 23.2. The van der Waals surface area contributed by atoms with Gasteiger partial charge < -0.3 is 29.5 Å². The zero-order valence-electron chi connectivity index (χ0n) is 18.4. The van der Waals surface area contributed by atoms with E-state index in [0.717, 1.165) is 29.1 Å². The van der Waals surface area contributed by atoms with Gasteiger partial charge in [-0.25, -0.2) is 15.0 Å². The third kappa shape index (κ3) is 3.92. The van der Waals surface area contributed by atoms with E-state index in [-0.39, 0.29) is 12.7 Å². The number of anilines is 1. The van der Waals surface area contributed by atoms with E-state index >= 15 is 0 Å². The summed E-state index contributed by atoms with van der Waals surface area (Å²) >= 11 is 1.42. The Bertz CT molecular complexity index is 1410. The van der Waals surface area contributed by atoms with Crippen LogP contribution in [-0.4, -0.2) is 38.3 Å². The molecule has 2 aliphatic rings. The number of hydrogen-bond donors (Lipinski definition) is 2. The molecule has 4 aromatic rings. The van der Waals surface area contributed by atoms with Crippen LogP contribution in [0.5, 0.6) is 11.5 Å². The number of carbonyl (C=O) groups is 1. The molecule has 10 nitrogen and oxygen atoms in total. The third-order valence-electron chi connectivity index (χ3n) is 5.71. The highest BCUT2D eigenvalue weighted by Crippen LogP contribution is 2.45. The van der Waals surface area contributed by atoms with Gasteiger partial charge in [-0.3, -0.25) is 4.79 Å². The smallest absolute Gasteiger partial charge is 0.231 e. The number of nitrogens with two attached hydrogens (primary N) is 1. The van der Waals surface area contributed by atoms with E-state index in [0.29, 0.717) is 58.4 Å². The number of nitrogen functional groups attached to an aromatic ring is 1. The lowest BCUT2D eigenvalue weighted by Crippen LogP contribution is -2.26. The number of carbonyl (C=O) groups excluding carboxylic acids is 1. The van der Waals surface area contributed by atoms with E-state index < -0.39 is 0 Å². The van der Waals surface area contributed by atoms with Crippen molar-refractivity contribution in [3.8, 4) is 22.8 Å². The van der Waals surface area contributed by atoms with Crippen molar-refractivity contribution in [1.82, 2.24) is 24.8 Å². The van der Waals surface area contributed by atoms with Gasteiger partial charge >= 0.3 is 0 Å². The summed E-state index contributed by atoms with van der Waals surface area (Å²) < 4.78 is 19.0. The minimum absolute atomic E-state index is 0.0113. The maximum absolute atomic E-state index is 12.4. The van der Waals surface area contributed by atoms with Crippen LogP contribution >= 0.6 is 11.8 Å². The van der Waals surface area contributed by atoms with Gasteiger partial charge in [-0.05, 0) is 44.0 Å². The summed E-state index contributed by atoms with van der Waals surface area (Å²) in [6.07, 6.45) is 3.81. The first-order valence-electron chi connectivity index (χ1n) is 11.0. The van der Waals surface area contributed by atoms with Gasteiger partial charge in [0.15, 0.2) is 33.6 Å². The number of amides is 1. The zero-order valence-corrected chi connectivity index (χ0v) is 19.2. The van der Waals surface area contributed by atoms with Gasteiger partial charge in [0.25, 0.3) is 0 Å². The Balaban J connectivity index is 1.40. The van der Waals surface area contributed by atoms with Gasteiger partial charge in [0.1, 0.15) is 17.8 Å². The number of nitrogens with one attached hydrogen (secondary N) is 1. The number of rotatable bonds is 7. The second kappa shape index (κ2) is 8.24. The number of fused-ring (bicyclic) bond motifs is 2. The van der Waals surface area contributed by atoms with E-state index in [1.54, 1.807) is 0 Å². The SMILES string of the molecule is Cc1ccc(-c2cc3c(cc2Sc2nc4c(N)ncnc4n2CCC(=O)NC2CC2)OCO3)o1. The second-order valence-electron chi connectivity index (χ2n) is 8.28. The molecule has 0 bridgehead atoms. The molecule has 0 atom stereocenters. The van der Waals surface area contributed by atoms with Crippen molar-refractivity contribution in [3.63, 3.8) is 0 Å². The number of aryl methyl sites for hydroxylation is 2. The summed E-state index contributed by atoms with van der Waals surface area (Å²) in [7, 11) is 0. The van der Waals surface area contributed by atoms with Gasteiger partial charge in [-0.15, -0.1) is 0 Å². The molecule has 1 aliphatic heterocycles. The van der Waals surface area contributed by atoms with Crippen LogP contribution in [0.4, 0.5) is 5.82 Å². The summed E-state index contributed by atoms with van der Waals surface area (Å²) in [5.74, 6) is 3.14.